The molecule has 1 amide bonds. The molecule has 0 aromatic heterocycles. The van der Waals surface area contributed by atoms with Gasteiger partial charge in [-0.15, -0.1) is 0 Å². The molecule has 1 aromatic rings. The lowest BCUT2D eigenvalue weighted by Gasteiger charge is -2.34. The van der Waals surface area contributed by atoms with E-state index in [1.807, 2.05) is 0 Å². The number of carbonyl (C=O) groups excluding carboxylic acids is 1. The highest BCUT2D eigenvalue weighted by Gasteiger charge is 2.30. The van der Waals surface area contributed by atoms with Crippen LogP contribution in [0.1, 0.15) is 55.1 Å². The summed E-state index contributed by atoms with van der Waals surface area (Å²) in [5.74, 6) is 1.41. The van der Waals surface area contributed by atoms with Crippen LogP contribution in [0.2, 0.25) is 0 Å². The van der Waals surface area contributed by atoms with Crippen LogP contribution < -0.4 is 10.6 Å². The first-order valence-electron chi connectivity index (χ1n) is 7.83. The Morgan fingerprint density at radius 3 is 2.45 bits per heavy atom. The van der Waals surface area contributed by atoms with Gasteiger partial charge in [-0.3, -0.25) is 4.79 Å². The Morgan fingerprint density at radius 1 is 1.15 bits per heavy atom. The third kappa shape index (κ3) is 2.59. The summed E-state index contributed by atoms with van der Waals surface area (Å²) in [5.41, 5.74) is 3.04. The first-order chi connectivity index (χ1) is 9.79. The summed E-state index contributed by atoms with van der Waals surface area (Å²) in [6.45, 7) is 0.932. The maximum atomic E-state index is 11.9. The number of rotatable bonds is 3. The van der Waals surface area contributed by atoms with Gasteiger partial charge < -0.3 is 10.6 Å². The van der Waals surface area contributed by atoms with E-state index in [0.717, 1.165) is 25.3 Å². The van der Waals surface area contributed by atoms with Crippen LogP contribution in [0.15, 0.2) is 24.3 Å². The van der Waals surface area contributed by atoms with E-state index < -0.39 is 0 Å². The normalized spacial score (nSPS) is 26.9. The SMILES string of the molecule is CNC(=O)C1CC(c2ccccc2C2CCC2)CCN1. The van der Waals surface area contributed by atoms with Gasteiger partial charge in [-0.25, -0.2) is 0 Å². The molecule has 1 aliphatic carbocycles. The van der Waals surface area contributed by atoms with E-state index in [4.69, 9.17) is 0 Å². The van der Waals surface area contributed by atoms with Crippen LogP contribution in [0.3, 0.4) is 0 Å². The summed E-state index contributed by atoms with van der Waals surface area (Å²) in [5, 5.41) is 6.10. The van der Waals surface area contributed by atoms with E-state index in [1.54, 1.807) is 12.6 Å². The van der Waals surface area contributed by atoms with Crippen molar-refractivity contribution in [3.63, 3.8) is 0 Å². The number of piperidine rings is 1. The molecule has 108 valence electrons. The van der Waals surface area contributed by atoms with E-state index >= 15 is 0 Å². The fourth-order valence-corrected chi connectivity index (χ4v) is 3.55. The molecule has 0 spiro atoms. The van der Waals surface area contributed by atoms with Gasteiger partial charge in [0.25, 0.3) is 0 Å². The van der Waals surface area contributed by atoms with E-state index in [-0.39, 0.29) is 11.9 Å². The van der Waals surface area contributed by atoms with Crippen LogP contribution in [0.4, 0.5) is 0 Å². The fourth-order valence-electron chi connectivity index (χ4n) is 3.55. The average Bonchev–Trinajstić information content (AvgIpc) is 2.45. The molecule has 2 fully saturated rings. The zero-order valence-corrected chi connectivity index (χ0v) is 12.2. The minimum absolute atomic E-state index is 0.0341. The molecule has 3 rings (SSSR count). The highest BCUT2D eigenvalue weighted by Crippen LogP contribution is 2.41. The van der Waals surface area contributed by atoms with Crippen LogP contribution in [0.5, 0.6) is 0 Å². The number of amides is 1. The Labute approximate surface area is 121 Å². The number of likely N-dealkylation sites (N-methyl/N-ethyl adjacent to an activating group) is 1. The van der Waals surface area contributed by atoms with Gasteiger partial charge in [0.2, 0.25) is 5.91 Å². The fraction of sp³-hybridized carbons (Fsp3) is 0.588. The first-order valence-corrected chi connectivity index (χ1v) is 7.83. The van der Waals surface area contributed by atoms with Crippen LogP contribution in [0.25, 0.3) is 0 Å². The van der Waals surface area contributed by atoms with Crippen molar-refractivity contribution in [3.8, 4) is 0 Å². The monoisotopic (exact) mass is 272 g/mol. The third-order valence-corrected chi connectivity index (χ3v) is 4.95. The summed E-state index contributed by atoms with van der Waals surface area (Å²) in [4.78, 5) is 11.9. The quantitative estimate of drug-likeness (QED) is 0.888. The summed E-state index contributed by atoms with van der Waals surface area (Å²) >= 11 is 0. The summed E-state index contributed by atoms with van der Waals surface area (Å²) < 4.78 is 0. The van der Waals surface area contributed by atoms with Gasteiger partial charge >= 0.3 is 0 Å². The van der Waals surface area contributed by atoms with Gasteiger partial charge in [0, 0.05) is 7.05 Å². The van der Waals surface area contributed by atoms with Crippen molar-refractivity contribution >= 4 is 5.91 Å². The largest absolute Gasteiger partial charge is 0.358 e. The molecule has 1 aliphatic heterocycles. The molecule has 0 bridgehead atoms. The highest BCUT2D eigenvalue weighted by atomic mass is 16.2. The summed E-state index contributed by atoms with van der Waals surface area (Å²) in [6, 6.07) is 8.86. The van der Waals surface area contributed by atoms with Crippen molar-refractivity contribution < 1.29 is 4.79 Å². The molecular formula is C17H24N2O. The van der Waals surface area contributed by atoms with Crippen molar-refractivity contribution in [3.05, 3.63) is 35.4 Å². The lowest BCUT2D eigenvalue weighted by Crippen LogP contribution is -2.47. The van der Waals surface area contributed by atoms with Crippen molar-refractivity contribution in [1.82, 2.24) is 10.6 Å². The topological polar surface area (TPSA) is 41.1 Å². The summed E-state index contributed by atoms with van der Waals surface area (Å²) in [7, 11) is 1.72. The number of hydrogen-bond acceptors (Lipinski definition) is 2. The molecule has 0 radical (unpaired) electrons. The molecule has 2 unspecified atom stereocenters. The molecule has 3 nitrogen and oxygen atoms in total. The van der Waals surface area contributed by atoms with Gasteiger partial charge in [0.15, 0.2) is 0 Å². The van der Waals surface area contributed by atoms with Crippen LogP contribution in [0, 0.1) is 0 Å². The van der Waals surface area contributed by atoms with Crippen molar-refractivity contribution in [2.45, 2.75) is 50.0 Å². The molecule has 1 heterocycles. The van der Waals surface area contributed by atoms with E-state index in [0.29, 0.717) is 5.92 Å². The van der Waals surface area contributed by atoms with Gasteiger partial charge in [0.05, 0.1) is 6.04 Å². The van der Waals surface area contributed by atoms with Gasteiger partial charge in [-0.1, -0.05) is 30.7 Å². The number of nitrogens with one attached hydrogen (secondary N) is 2. The number of carbonyl (C=O) groups is 1. The smallest absolute Gasteiger partial charge is 0.236 e. The standard InChI is InChI=1S/C17H24N2O/c1-18-17(20)16-11-13(9-10-19-16)15-8-3-2-7-14(15)12-5-4-6-12/h2-3,7-8,12-13,16,19H,4-6,9-11H2,1H3,(H,18,20). The van der Waals surface area contributed by atoms with E-state index in [2.05, 4.69) is 34.9 Å². The predicted octanol–water partition coefficient (Wildman–Crippen LogP) is 2.54. The molecule has 2 aliphatic rings. The van der Waals surface area contributed by atoms with Crippen LogP contribution in [-0.2, 0) is 4.79 Å². The van der Waals surface area contributed by atoms with Gasteiger partial charge in [-0.2, -0.15) is 0 Å². The van der Waals surface area contributed by atoms with Crippen molar-refractivity contribution in [1.29, 1.82) is 0 Å². The van der Waals surface area contributed by atoms with Crippen molar-refractivity contribution in [2.75, 3.05) is 13.6 Å². The Morgan fingerprint density at radius 2 is 1.85 bits per heavy atom. The van der Waals surface area contributed by atoms with E-state index in [9.17, 15) is 4.79 Å². The zero-order chi connectivity index (χ0) is 13.9. The molecule has 20 heavy (non-hydrogen) atoms. The predicted molar refractivity (Wildman–Crippen MR) is 80.9 cm³/mol. The van der Waals surface area contributed by atoms with Gasteiger partial charge in [0.1, 0.15) is 0 Å². The van der Waals surface area contributed by atoms with Crippen LogP contribution in [-0.4, -0.2) is 25.5 Å². The second kappa shape index (κ2) is 5.96. The minimum Gasteiger partial charge on any atom is -0.358 e. The summed E-state index contributed by atoms with van der Waals surface area (Å²) in [6.07, 6.45) is 6.09. The molecule has 2 N–H and O–H groups in total. The lowest BCUT2D eigenvalue weighted by molar-refractivity contribution is -0.123. The Balaban J connectivity index is 1.79. The molecule has 1 saturated carbocycles. The highest BCUT2D eigenvalue weighted by molar-refractivity contribution is 5.81. The Hall–Kier alpha value is -1.35. The molecular weight excluding hydrogens is 248 g/mol. The number of hydrogen-bond donors (Lipinski definition) is 2. The number of benzene rings is 1. The molecule has 1 saturated heterocycles. The molecule has 3 heteroatoms. The van der Waals surface area contributed by atoms with E-state index in [1.165, 1.54) is 24.8 Å². The zero-order valence-electron chi connectivity index (χ0n) is 12.2. The third-order valence-electron chi connectivity index (χ3n) is 4.95. The first kappa shape index (κ1) is 13.6. The minimum atomic E-state index is -0.0341. The molecule has 1 aromatic carbocycles. The van der Waals surface area contributed by atoms with Crippen LogP contribution >= 0.6 is 0 Å². The lowest BCUT2D eigenvalue weighted by atomic mass is 9.74. The second-order valence-corrected chi connectivity index (χ2v) is 6.10. The van der Waals surface area contributed by atoms with Gasteiger partial charge in [-0.05, 0) is 55.2 Å². The Bertz CT molecular complexity index is 482. The Kier molecular flexibility index (Phi) is 4.06. The average molecular weight is 272 g/mol. The second-order valence-electron chi connectivity index (χ2n) is 6.10. The maximum absolute atomic E-state index is 11.9. The molecule has 2 atom stereocenters. The maximum Gasteiger partial charge on any atom is 0.236 e. The van der Waals surface area contributed by atoms with Crippen molar-refractivity contribution in [2.24, 2.45) is 0 Å².